The van der Waals surface area contributed by atoms with Crippen LogP contribution in [0.4, 0.5) is 5.69 Å². The Balaban J connectivity index is 1.92. The molecule has 0 saturated carbocycles. The van der Waals surface area contributed by atoms with Crippen molar-refractivity contribution in [1.82, 2.24) is 5.32 Å². The summed E-state index contributed by atoms with van der Waals surface area (Å²) in [7, 11) is 2.11. The fraction of sp³-hybridized carbons (Fsp3) is 0.562. The molecule has 0 radical (unpaired) electrons. The standard InChI is InChI=1S/C16H22N2O2/c1-10-7-13(14(9-17-10)16(19)20)11-3-4-15-12(8-11)5-6-18(15)2/h3-4,8,10,13-14,17H,5-7,9H2,1-2H3,(H,19,20). The lowest BCUT2D eigenvalue weighted by molar-refractivity contribution is -0.143. The zero-order chi connectivity index (χ0) is 14.3. The monoisotopic (exact) mass is 274 g/mol. The highest BCUT2D eigenvalue weighted by molar-refractivity contribution is 5.72. The third-order valence-corrected chi connectivity index (χ3v) is 4.76. The first-order valence-electron chi connectivity index (χ1n) is 7.36. The second-order valence-corrected chi connectivity index (χ2v) is 6.16. The Hall–Kier alpha value is -1.55. The summed E-state index contributed by atoms with van der Waals surface area (Å²) in [5, 5.41) is 12.7. The van der Waals surface area contributed by atoms with Gasteiger partial charge in [-0.25, -0.2) is 0 Å². The molecular weight excluding hydrogens is 252 g/mol. The quantitative estimate of drug-likeness (QED) is 0.864. The van der Waals surface area contributed by atoms with Crippen LogP contribution in [-0.2, 0) is 11.2 Å². The van der Waals surface area contributed by atoms with Gasteiger partial charge in [0.25, 0.3) is 0 Å². The lowest BCUT2D eigenvalue weighted by Crippen LogP contribution is -2.44. The van der Waals surface area contributed by atoms with Gasteiger partial charge in [-0.3, -0.25) is 4.79 Å². The molecule has 108 valence electrons. The van der Waals surface area contributed by atoms with Crippen molar-refractivity contribution in [1.29, 1.82) is 0 Å². The van der Waals surface area contributed by atoms with Crippen molar-refractivity contribution < 1.29 is 9.90 Å². The van der Waals surface area contributed by atoms with Gasteiger partial charge in [-0.2, -0.15) is 0 Å². The largest absolute Gasteiger partial charge is 0.481 e. The van der Waals surface area contributed by atoms with Crippen LogP contribution in [0.15, 0.2) is 18.2 Å². The molecule has 1 aromatic rings. The number of nitrogens with zero attached hydrogens (tertiary/aromatic N) is 1. The first-order chi connectivity index (χ1) is 9.56. The molecule has 0 spiro atoms. The van der Waals surface area contributed by atoms with E-state index in [0.29, 0.717) is 12.6 Å². The predicted molar refractivity (Wildman–Crippen MR) is 79.4 cm³/mol. The Morgan fingerprint density at radius 2 is 2.25 bits per heavy atom. The fourth-order valence-corrected chi connectivity index (χ4v) is 3.54. The molecule has 2 heterocycles. The maximum atomic E-state index is 11.5. The number of nitrogens with one attached hydrogen (secondary N) is 1. The van der Waals surface area contributed by atoms with Gasteiger partial charge >= 0.3 is 5.97 Å². The van der Waals surface area contributed by atoms with Gasteiger partial charge in [-0.05, 0) is 42.9 Å². The lowest BCUT2D eigenvalue weighted by atomic mass is 9.78. The summed E-state index contributed by atoms with van der Waals surface area (Å²) in [6, 6.07) is 6.89. The average Bonchev–Trinajstić information content (AvgIpc) is 2.79. The molecule has 0 amide bonds. The van der Waals surface area contributed by atoms with Crippen molar-refractivity contribution in [2.45, 2.75) is 31.7 Å². The van der Waals surface area contributed by atoms with E-state index >= 15 is 0 Å². The maximum absolute atomic E-state index is 11.5. The number of hydrogen-bond donors (Lipinski definition) is 2. The van der Waals surface area contributed by atoms with Crippen LogP contribution in [-0.4, -0.2) is 37.3 Å². The molecule has 1 fully saturated rings. The summed E-state index contributed by atoms with van der Waals surface area (Å²) in [6.45, 7) is 3.76. The summed E-state index contributed by atoms with van der Waals surface area (Å²) >= 11 is 0. The molecule has 4 nitrogen and oxygen atoms in total. The molecule has 2 aliphatic rings. The van der Waals surface area contributed by atoms with Gasteiger partial charge in [0.2, 0.25) is 0 Å². The Morgan fingerprint density at radius 3 is 3.00 bits per heavy atom. The first-order valence-corrected chi connectivity index (χ1v) is 7.36. The highest BCUT2D eigenvalue weighted by atomic mass is 16.4. The Labute approximate surface area is 119 Å². The number of rotatable bonds is 2. The van der Waals surface area contributed by atoms with Gasteiger partial charge in [-0.1, -0.05) is 12.1 Å². The van der Waals surface area contributed by atoms with Gasteiger partial charge in [0, 0.05) is 31.9 Å². The highest BCUT2D eigenvalue weighted by Gasteiger charge is 2.34. The molecule has 2 N–H and O–H groups in total. The SMILES string of the molecule is CC1CC(c2ccc3c(c2)CCN3C)C(C(=O)O)CN1. The van der Waals surface area contributed by atoms with Gasteiger partial charge < -0.3 is 15.3 Å². The van der Waals surface area contributed by atoms with Gasteiger partial charge in [0.1, 0.15) is 0 Å². The van der Waals surface area contributed by atoms with E-state index in [1.165, 1.54) is 16.8 Å². The van der Waals surface area contributed by atoms with Crippen molar-refractivity contribution in [3.63, 3.8) is 0 Å². The Kier molecular flexibility index (Phi) is 3.42. The smallest absolute Gasteiger partial charge is 0.308 e. The number of likely N-dealkylation sites (N-methyl/N-ethyl adjacent to an activating group) is 1. The Bertz CT molecular complexity index is 529. The zero-order valence-corrected chi connectivity index (χ0v) is 12.1. The summed E-state index contributed by atoms with van der Waals surface area (Å²) in [6.07, 6.45) is 1.96. The van der Waals surface area contributed by atoms with Crippen molar-refractivity contribution in [3.05, 3.63) is 29.3 Å². The molecule has 0 aromatic heterocycles. The number of anilines is 1. The van der Waals surface area contributed by atoms with E-state index < -0.39 is 5.97 Å². The van der Waals surface area contributed by atoms with Crippen LogP contribution in [0.2, 0.25) is 0 Å². The van der Waals surface area contributed by atoms with Crippen LogP contribution in [0.5, 0.6) is 0 Å². The number of carboxylic acids is 1. The molecule has 1 saturated heterocycles. The van der Waals surface area contributed by atoms with Crippen LogP contribution < -0.4 is 10.2 Å². The molecule has 3 atom stereocenters. The molecular formula is C16H22N2O2. The maximum Gasteiger partial charge on any atom is 0.308 e. The third-order valence-electron chi connectivity index (χ3n) is 4.76. The van der Waals surface area contributed by atoms with Crippen molar-refractivity contribution >= 4 is 11.7 Å². The summed E-state index contributed by atoms with van der Waals surface area (Å²) in [5.41, 5.74) is 3.85. The second-order valence-electron chi connectivity index (χ2n) is 6.16. The van der Waals surface area contributed by atoms with Crippen LogP contribution in [0.25, 0.3) is 0 Å². The van der Waals surface area contributed by atoms with Gasteiger partial charge in [-0.15, -0.1) is 0 Å². The number of piperidine rings is 1. The van der Waals surface area contributed by atoms with Gasteiger partial charge in [0.05, 0.1) is 5.92 Å². The van der Waals surface area contributed by atoms with E-state index in [1.54, 1.807) is 0 Å². The van der Waals surface area contributed by atoms with E-state index in [2.05, 4.69) is 42.4 Å². The van der Waals surface area contributed by atoms with Crippen molar-refractivity contribution in [2.75, 3.05) is 25.0 Å². The van der Waals surface area contributed by atoms with E-state index in [4.69, 9.17) is 0 Å². The summed E-state index contributed by atoms with van der Waals surface area (Å²) < 4.78 is 0. The topological polar surface area (TPSA) is 52.6 Å². The number of aliphatic carboxylic acids is 1. The van der Waals surface area contributed by atoms with E-state index in [9.17, 15) is 9.90 Å². The molecule has 2 aliphatic heterocycles. The van der Waals surface area contributed by atoms with Crippen LogP contribution in [0, 0.1) is 5.92 Å². The third kappa shape index (κ3) is 2.29. The number of carbonyl (C=O) groups is 1. The number of carboxylic acid groups (broad SMARTS) is 1. The number of fused-ring (bicyclic) bond motifs is 1. The normalized spacial score (nSPS) is 29.3. The minimum atomic E-state index is -0.688. The van der Waals surface area contributed by atoms with E-state index in [0.717, 1.165) is 19.4 Å². The molecule has 20 heavy (non-hydrogen) atoms. The van der Waals surface area contributed by atoms with Crippen LogP contribution in [0.1, 0.15) is 30.4 Å². The van der Waals surface area contributed by atoms with Crippen LogP contribution in [0.3, 0.4) is 0 Å². The van der Waals surface area contributed by atoms with Gasteiger partial charge in [0.15, 0.2) is 0 Å². The molecule has 1 aromatic carbocycles. The molecule has 0 aliphatic carbocycles. The lowest BCUT2D eigenvalue weighted by Gasteiger charge is -2.34. The first kappa shape index (κ1) is 13.4. The van der Waals surface area contributed by atoms with E-state index in [-0.39, 0.29) is 11.8 Å². The minimum Gasteiger partial charge on any atom is -0.481 e. The average molecular weight is 274 g/mol. The summed E-state index contributed by atoms with van der Waals surface area (Å²) in [4.78, 5) is 13.7. The zero-order valence-electron chi connectivity index (χ0n) is 12.1. The highest BCUT2D eigenvalue weighted by Crippen LogP contribution is 2.36. The Morgan fingerprint density at radius 1 is 1.45 bits per heavy atom. The summed E-state index contributed by atoms with van der Waals surface area (Å²) in [5.74, 6) is -0.879. The molecule has 4 heteroatoms. The molecule has 3 rings (SSSR count). The number of hydrogen-bond acceptors (Lipinski definition) is 3. The predicted octanol–water partition coefficient (Wildman–Crippen LogP) is 1.85. The molecule has 3 unspecified atom stereocenters. The van der Waals surface area contributed by atoms with Crippen molar-refractivity contribution in [3.8, 4) is 0 Å². The van der Waals surface area contributed by atoms with Crippen LogP contribution >= 0.6 is 0 Å². The van der Waals surface area contributed by atoms with E-state index in [1.807, 2.05) is 0 Å². The number of benzene rings is 1. The fourth-order valence-electron chi connectivity index (χ4n) is 3.54. The molecule has 0 bridgehead atoms. The second kappa shape index (κ2) is 5.09. The van der Waals surface area contributed by atoms with Crippen molar-refractivity contribution in [2.24, 2.45) is 5.92 Å². The minimum absolute atomic E-state index is 0.125.